The fourth-order valence-corrected chi connectivity index (χ4v) is 2.96. The topological polar surface area (TPSA) is 88.1 Å². The summed E-state index contributed by atoms with van der Waals surface area (Å²) < 4.78 is 56.1. The zero-order valence-electron chi connectivity index (χ0n) is 16.0. The van der Waals surface area contributed by atoms with E-state index in [0.717, 1.165) is 41.1 Å². The molecule has 4 aromatic rings. The average molecular weight is 443 g/mol. The molecule has 3 aromatic carbocycles. The van der Waals surface area contributed by atoms with Crippen molar-refractivity contribution in [3.63, 3.8) is 0 Å². The number of nitrogens with zero attached hydrogens (tertiary/aromatic N) is 2. The Bertz CT molecular complexity index is 1320. The summed E-state index contributed by atoms with van der Waals surface area (Å²) in [4.78, 5) is 24.9. The molecule has 11 heteroatoms. The molecule has 162 valence electrons. The number of carbonyl (C=O) groups is 2. The summed E-state index contributed by atoms with van der Waals surface area (Å²) in [6.07, 6.45) is 0. The zero-order valence-corrected chi connectivity index (χ0v) is 16.0. The summed E-state index contributed by atoms with van der Waals surface area (Å²) in [5, 5.41) is 10.7. The first-order valence-electron chi connectivity index (χ1n) is 9.10. The first-order chi connectivity index (χ1) is 15.3. The van der Waals surface area contributed by atoms with Gasteiger partial charge in [-0.15, -0.1) is 5.10 Å². The second-order valence-electron chi connectivity index (χ2n) is 6.48. The number of hydrogen-bond donors (Lipinski definition) is 3. The second-order valence-corrected chi connectivity index (χ2v) is 6.48. The highest BCUT2D eigenvalue weighted by molar-refractivity contribution is 6.07. The number of rotatable bonds is 3. The Labute approximate surface area is 177 Å². The maximum absolute atomic E-state index is 13.9. The molecular formula is C21H13F4N5O2. The van der Waals surface area contributed by atoms with Crippen molar-refractivity contribution in [2.24, 2.45) is 0 Å². The molecular weight excluding hydrogens is 430 g/mol. The van der Waals surface area contributed by atoms with Crippen LogP contribution in [0.1, 0.15) is 0 Å². The third-order valence-electron chi connectivity index (χ3n) is 4.41. The SMILES string of the molecule is O=C(Nc1c(F)cccc1F)Nc1nn(C(=O)Nc2c(F)cccc2F)c2ccccc12. The number of benzene rings is 3. The number of halogens is 4. The van der Waals surface area contributed by atoms with Gasteiger partial charge in [-0.25, -0.2) is 27.2 Å². The van der Waals surface area contributed by atoms with E-state index in [4.69, 9.17) is 0 Å². The number of amides is 3. The third-order valence-corrected chi connectivity index (χ3v) is 4.41. The third kappa shape index (κ3) is 3.95. The minimum atomic E-state index is -1.02. The van der Waals surface area contributed by atoms with E-state index in [-0.39, 0.29) is 11.3 Å². The molecule has 0 spiro atoms. The highest BCUT2D eigenvalue weighted by Crippen LogP contribution is 2.25. The quantitative estimate of drug-likeness (QED) is 0.375. The van der Waals surface area contributed by atoms with Gasteiger partial charge in [0.05, 0.1) is 5.52 Å². The van der Waals surface area contributed by atoms with Gasteiger partial charge in [0.2, 0.25) is 0 Å². The molecule has 0 aliphatic carbocycles. The van der Waals surface area contributed by atoms with Gasteiger partial charge in [0.15, 0.2) is 5.82 Å². The largest absolute Gasteiger partial charge is 0.347 e. The van der Waals surface area contributed by atoms with Crippen molar-refractivity contribution in [2.45, 2.75) is 0 Å². The van der Waals surface area contributed by atoms with Crippen molar-refractivity contribution in [2.75, 3.05) is 16.0 Å². The fraction of sp³-hybridized carbons (Fsp3) is 0. The minimum absolute atomic E-state index is 0.126. The van der Waals surface area contributed by atoms with Crippen molar-refractivity contribution in [1.82, 2.24) is 9.78 Å². The van der Waals surface area contributed by atoms with Crippen molar-refractivity contribution >= 4 is 40.2 Å². The number of nitrogens with one attached hydrogen (secondary N) is 3. The van der Waals surface area contributed by atoms with E-state index in [0.29, 0.717) is 5.39 Å². The lowest BCUT2D eigenvalue weighted by atomic mass is 10.2. The Morgan fingerprint density at radius 3 is 1.81 bits per heavy atom. The molecule has 0 atom stereocenters. The number of aromatic nitrogens is 2. The van der Waals surface area contributed by atoms with Gasteiger partial charge >= 0.3 is 12.1 Å². The summed E-state index contributed by atoms with van der Waals surface area (Å²) in [5.74, 6) is -4.07. The number of urea groups is 1. The smallest absolute Gasteiger partial charge is 0.303 e. The minimum Gasteiger partial charge on any atom is -0.303 e. The normalized spacial score (nSPS) is 10.8. The van der Waals surface area contributed by atoms with Crippen LogP contribution in [0.5, 0.6) is 0 Å². The standard InChI is InChI=1S/C21H13F4N5O2/c22-12-6-3-7-13(23)17(12)26-20(31)28-19-11-5-1-2-10-16(11)30(29-19)21(32)27-18-14(24)8-4-9-15(18)25/h1-10H,(H,27,32)(H2,26,28,29,31). The zero-order chi connectivity index (χ0) is 22.8. The first-order valence-corrected chi connectivity index (χ1v) is 9.10. The lowest BCUT2D eigenvalue weighted by Gasteiger charge is -2.08. The van der Waals surface area contributed by atoms with Crippen LogP contribution in [-0.2, 0) is 0 Å². The Kier molecular flexibility index (Phi) is 5.46. The van der Waals surface area contributed by atoms with Crippen LogP contribution in [-0.4, -0.2) is 21.8 Å². The van der Waals surface area contributed by atoms with E-state index in [1.807, 2.05) is 5.32 Å². The summed E-state index contributed by atoms with van der Waals surface area (Å²) in [7, 11) is 0. The molecule has 0 aliphatic heterocycles. The molecule has 0 unspecified atom stereocenters. The van der Waals surface area contributed by atoms with E-state index in [2.05, 4.69) is 15.7 Å². The highest BCUT2D eigenvalue weighted by atomic mass is 19.1. The molecule has 0 radical (unpaired) electrons. The Hall–Kier alpha value is -4.41. The van der Waals surface area contributed by atoms with Crippen molar-refractivity contribution in [1.29, 1.82) is 0 Å². The molecule has 4 rings (SSSR count). The Morgan fingerprint density at radius 1 is 0.688 bits per heavy atom. The van der Waals surface area contributed by atoms with Crippen molar-refractivity contribution in [3.05, 3.63) is 83.9 Å². The average Bonchev–Trinajstić information content (AvgIpc) is 3.12. The van der Waals surface area contributed by atoms with E-state index < -0.39 is 46.7 Å². The lowest BCUT2D eigenvalue weighted by molar-refractivity contribution is 0.251. The Balaban J connectivity index is 1.63. The molecule has 0 fully saturated rings. The summed E-state index contributed by atoms with van der Waals surface area (Å²) in [6, 6.07) is 10.3. The number of fused-ring (bicyclic) bond motifs is 1. The van der Waals surface area contributed by atoms with E-state index in [1.54, 1.807) is 12.1 Å². The number of anilines is 3. The maximum Gasteiger partial charge on any atom is 0.347 e. The highest BCUT2D eigenvalue weighted by Gasteiger charge is 2.20. The molecule has 1 aromatic heterocycles. The molecule has 0 aliphatic rings. The summed E-state index contributed by atoms with van der Waals surface area (Å²) >= 11 is 0. The fourth-order valence-electron chi connectivity index (χ4n) is 2.96. The van der Waals surface area contributed by atoms with Crippen LogP contribution in [0.2, 0.25) is 0 Å². The van der Waals surface area contributed by atoms with Crippen LogP contribution in [0, 0.1) is 23.3 Å². The van der Waals surface area contributed by atoms with E-state index in [1.165, 1.54) is 12.1 Å². The maximum atomic E-state index is 13.9. The predicted molar refractivity (Wildman–Crippen MR) is 110 cm³/mol. The van der Waals surface area contributed by atoms with Gasteiger partial charge in [-0.05, 0) is 36.4 Å². The molecule has 32 heavy (non-hydrogen) atoms. The predicted octanol–water partition coefficient (Wildman–Crippen LogP) is 5.32. The van der Waals surface area contributed by atoms with Crippen molar-refractivity contribution in [3.8, 4) is 0 Å². The van der Waals surface area contributed by atoms with Crippen LogP contribution in [0.3, 0.4) is 0 Å². The van der Waals surface area contributed by atoms with Crippen LogP contribution in [0.4, 0.5) is 44.3 Å². The van der Waals surface area contributed by atoms with E-state index >= 15 is 0 Å². The van der Waals surface area contributed by atoms with Gasteiger partial charge in [-0.3, -0.25) is 5.32 Å². The van der Waals surface area contributed by atoms with Gasteiger partial charge in [0.25, 0.3) is 0 Å². The molecule has 0 saturated carbocycles. The van der Waals surface area contributed by atoms with Gasteiger partial charge in [0.1, 0.15) is 34.6 Å². The molecule has 3 amide bonds. The number of hydrogen-bond acceptors (Lipinski definition) is 3. The molecule has 7 nitrogen and oxygen atoms in total. The van der Waals surface area contributed by atoms with Crippen LogP contribution < -0.4 is 16.0 Å². The molecule has 0 bridgehead atoms. The van der Waals surface area contributed by atoms with Crippen molar-refractivity contribution < 1.29 is 27.2 Å². The first kappa shape index (κ1) is 20.8. The van der Waals surface area contributed by atoms with Crippen LogP contribution >= 0.6 is 0 Å². The number of para-hydroxylation sites is 3. The lowest BCUT2D eigenvalue weighted by Crippen LogP contribution is -2.23. The van der Waals surface area contributed by atoms with Crippen LogP contribution in [0.15, 0.2) is 60.7 Å². The molecule has 0 saturated heterocycles. The molecule has 3 N–H and O–H groups in total. The summed E-state index contributed by atoms with van der Waals surface area (Å²) in [6.45, 7) is 0. The van der Waals surface area contributed by atoms with Gasteiger partial charge in [0, 0.05) is 5.39 Å². The second kappa shape index (κ2) is 8.38. The van der Waals surface area contributed by atoms with Crippen LogP contribution in [0.25, 0.3) is 10.9 Å². The number of carbonyl (C=O) groups excluding carboxylic acids is 2. The Morgan fingerprint density at radius 2 is 1.22 bits per heavy atom. The van der Waals surface area contributed by atoms with E-state index in [9.17, 15) is 27.2 Å². The summed E-state index contributed by atoms with van der Waals surface area (Å²) in [5.41, 5.74) is -1.13. The van der Waals surface area contributed by atoms with Gasteiger partial charge in [-0.2, -0.15) is 4.68 Å². The molecule has 1 heterocycles. The van der Waals surface area contributed by atoms with Gasteiger partial charge < -0.3 is 10.6 Å². The monoisotopic (exact) mass is 443 g/mol. The van der Waals surface area contributed by atoms with Gasteiger partial charge in [-0.1, -0.05) is 24.3 Å².